The first-order valence-electron chi connectivity index (χ1n) is 9.44. The summed E-state index contributed by atoms with van der Waals surface area (Å²) < 4.78 is 0. The van der Waals surface area contributed by atoms with Gasteiger partial charge >= 0.3 is 0 Å². The number of pyridine rings is 1. The third kappa shape index (κ3) is 3.65. The van der Waals surface area contributed by atoms with Crippen molar-refractivity contribution >= 4 is 17.6 Å². The van der Waals surface area contributed by atoms with E-state index < -0.39 is 0 Å². The van der Waals surface area contributed by atoms with Gasteiger partial charge in [0.2, 0.25) is 5.91 Å². The predicted molar refractivity (Wildman–Crippen MR) is 104 cm³/mol. The first-order valence-corrected chi connectivity index (χ1v) is 9.44. The fraction of sp³-hybridized carbons (Fsp3) is 0.381. The number of anilines is 1. The van der Waals surface area contributed by atoms with Gasteiger partial charge in [-0.05, 0) is 29.7 Å². The molecule has 0 bridgehead atoms. The molecule has 0 N–H and O–H groups in total. The number of hydrogen-bond donors (Lipinski definition) is 0. The monoisotopic (exact) mass is 364 g/mol. The second-order valence-corrected chi connectivity index (χ2v) is 7.14. The van der Waals surface area contributed by atoms with Crippen LogP contribution < -0.4 is 4.90 Å². The molecule has 0 unspecified atom stereocenters. The quantitative estimate of drug-likeness (QED) is 0.817. The van der Waals surface area contributed by atoms with E-state index in [-0.39, 0.29) is 11.8 Å². The minimum Gasteiger partial charge on any atom is -0.353 e. The molecule has 0 aliphatic carbocycles. The maximum atomic E-state index is 13.0. The Kier molecular flexibility index (Phi) is 4.79. The Morgan fingerprint density at radius 3 is 2.41 bits per heavy atom. The number of carbonyl (C=O) groups excluding carboxylic acids is 2. The van der Waals surface area contributed by atoms with Crippen LogP contribution in [-0.2, 0) is 17.8 Å². The number of amides is 2. The van der Waals surface area contributed by atoms with Gasteiger partial charge in [-0.15, -0.1) is 0 Å². The minimum absolute atomic E-state index is 0.0514. The van der Waals surface area contributed by atoms with Gasteiger partial charge in [-0.2, -0.15) is 0 Å². The molecular weight excluding hydrogens is 340 g/mol. The normalized spacial score (nSPS) is 16.9. The van der Waals surface area contributed by atoms with E-state index in [1.54, 1.807) is 19.2 Å². The molecule has 0 atom stereocenters. The average Bonchev–Trinajstić information content (AvgIpc) is 2.73. The minimum atomic E-state index is 0.0514. The molecule has 3 heterocycles. The van der Waals surface area contributed by atoms with Crippen molar-refractivity contribution in [3.05, 3.63) is 59.3 Å². The molecule has 140 valence electrons. The van der Waals surface area contributed by atoms with Crippen LogP contribution in [0.3, 0.4) is 0 Å². The van der Waals surface area contributed by atoms with Crippen LogP contribution in [0.15, 0.2) is 42.6 Å². The van der Waals surface area contributed by atoms with Crippen molar-refractivity contribution in [2.75, 3.05) is 37.6 Å². The zero-order chi connectivity index (χ0) is 18.8. The molecule has 1 saturated heterocycles. The number of nitrogens with zero attached hydrogens (tertiary/aromatic N) is 4. The van der Waals surface area contributed by atoms with Gasteiger partial charge < -0.3 is 14.7 Å². The van der Waals surface area contributed by atoms with Crippen LogP contribution in [0, 0.1) is 0 Å². The first-order chi connectivity index (χ1) is 13.1. The van der Waals surface area contributed by atoms with E-state index in [0.29, 0.717) is 25.2 Å². The standard InChI is InChI=1S/C21H24N4O2/c1-16(26)23-10-12-24(13-11-23)20-14-18(6-8-22-20)21(27)25-9-7-17-4-2-3-5-19(17)15-25/h2-6,8,14H,7,9-13,15H2,1H3. The van der Waals surface area contributed by atoms with Crippen LogP contribution >= 0.6 is 0 Å². The summed E-state index contributed by atoms with van der Waals surface area (Å²) in [5.74, 6) is 0.967. The Bertz CT molecular complexity index is 859. The van der Waals surface area contributed by atoms with E-state index in [4.69, 9.17) is 0 Å². The van der Waals surface area contributed by atoms with Crippen LogP contribution in [0.2, 0.25) is 0 Å². The van der Waals surface area contributed by atoms with Gasteiger partial charge in [-0.3, -0.25) is 9.59 Å². The molecule has 1 fully saturated rings. The second kappa shape index (κ2) is 7.39. The van der Waals surface area contributed by atoms with Crippen molar-refractivity contribution in [1.82, 2.24) is 14.8 Å². The van der Waals surface area contributed by atoms with Crippen molar-refractivity contribution < 1.29 is 9.59 Å². The highest BCUT2D eigenvalue weighted by molar-refractivity contribution is 5.95. The molecule has 2 amide bonds. The fourth-order valence-electron chi connectivity index (χ4n) is 3.83. The Labute approximate surface area is 159 Å². The van der Waals surface area contributed by atoms with E-state index in [1.807, 2.05) is 21.9 Å². The number of piperazine rings is 1. The molecule has 1 aromatic heterocycles. The number of benzene rings is 1. The lowest BCUT2D eigenvalue weighted by Gasteiger charge is -2.35. The lowest BCUT2D eigenvalue weighted by Crippen LogP contribution is -2.48. The molecule has 2 aliphatic heterocycles. The van der Waals surface area contributed by atoms with Crippen molar-refractivity contribution in [2.45, 2.75) is 19.9 Å². The summed E-state index contributed by atoms with van der Waals surface area (Å²) in [6.07, 6.45) is 2.60. The molecule has 6 nitrogen and oxygen atoms in total. The first kappa shape index (κ1) is 17.5. The number of aromatic nitrogens is 1. The van der Waals surface area contributed by atoms with Gasteiger partial charge in [0, 0.05) is 58.0 Å². The predicted octanol–water partition coefficient (Wildman–Crippen LogP) is 1.95. The van der Waals surface area contributed by atoms with Crippen molar-refractivity contribution in [3.8, 4) is 0 Å². The molecule has 0 radical (unpaired) electrons. The van der Waals surface area contributed by atoms with Crippen LogP contribution in [0.1, 0.15) is 28.4 Å². The SMILES string of the molecule is CC(=O)N1CCN(c2cc(C(=O)N3CCc4ccccc4C3)ccn2)CC1. The highest BCUT2D eigenvalue weighted by atomic mass is 16.2. The zero-order valence-corrected chi connectivity index (χ0v) is 15.6. The van der Waals surface area contributed by atoms with Gasteiger partial charge in [-0.1, -0.05) is 24.3 Å². The van der Waals surface area contributed by atoms with Crippen molar-refractivity contribution in [1.29, 1.82) is 0 Å². The second-order valence-electron chi connectivity index (χ2n) is 7.14. The summed E-state index contributed by atoms with van der Waals surface area (Å²) >= 11 is 0. The lowest BCUT2D eigenvalue weighted by atomic mass is 9.99. The van der Waals surface area contributed by atoms with Crippen molar-refractivity contribution in [2.24, 2.45) is 0 Å². The summed E-state index contributed by atoms with van der Waals surface area (Å²) in [5.41, 5.74) is 3.24. The Hall–Kier alpha value is -2.89. The Morgan fingerprint density at radius 2 is 1.67 bits per heavy atom. The zero-order valence-electron chi connectivity index (χ0n) is 15.6. The largest absolute Gasteiger partial charge is 0.353 e. The molecule has 6 heteroatoms. The van der Waals surface area contributed by atoms with Gasteiger partial charge in [0.05, 0.1) is 0 Å². The maximum Gasteiger partial charge on any atom is 0.254 e. The summed E-state index contributed by atoms with van der Waals surface area (Å²) in [6, 6.07) is 12.0. The maximum absolute atomic E-state index is 13.0. The smallest absolute Gasteiger partial charge is 0.254 e. The average molecular weight is 364 g/mol. The third-order valence-corrected chi connectivity index (χ3v) is 5.46. The van der Waals surface area contributed by atoms with E-state index in [2.05, 4.69) is 28.1 Å². The molecule has 0 saturated carbocycles. The molecule has 0 spiro atoms. The molecule has 2 aliphatic rings. The van der Waals surface area contributed by atoms with Crippen LogP contribution in [0.5, 0.6) is 0 Å². The lowest BCUT2D eigenvalue weighted by molar-refractivity contribution is -0.129. The molecule has 4 rings (SSSR count). The van der Waals surface area contributed by atoms with Gasteiger partial charge in [-0.25, -0.2) is 4.98 Å². The van der Waals surface area contributed by atoms with Crippen LogP contribution in [0.25, 0.3) is 0 Å². The molecular formula is C21H24N4O2. The van der Waals surface area contributed by atoms with Crippen molar-refractivity contribution in [3.63, 3.8) is 0 Å². The van der Waals surface area contributed by atoms with Gasteiger partial charge in [0.1, 0.15) is 5.82 Å². The third-order valence-electron chi connectivity index (χ3n) is 5.46. The highest BCUT2D eigenvalue weighted by Crippen LogP contribution is 2.22. The molecule has 2 aromatic rings. The Balaban J connectivity index is 1.47. The van der Waals surface area contributed by atoms with E-state index in [9.17, 15) is 9.59 Å². The summed E-state index contributed by atoms with van der Waals surface area (Å²) in [6.45, 7) is 5.86. The summed E-state index contributed by atoms with van der Waals surface area (Å²) in [4.78, 5) is 34.8. The van der Waals surface area contributed by atoms with Gasteiger partial charge in [0.25, 0.3) is 5.91 Å². The number of hydrogen-bond acceptors (Lipinski definition) is 4. The Morgan fingerprint density at radius 1 is 0.926 bits per heavy atom. The molecule has 27 heavy (non-hydrogen) atoms. The van der Waals surface area contributed by atoms with Crippen LogP contribution in [-0.4, -0.2) is 59.3 Å². The van der Waals surface area contributed by atoms with E-state index in [1.165, 1.54) is 11.1 Å². The fourth-order valence-corrected chi connectivity index (χ4v) is 3.83. The highest BCUT2D eigenvalue weighted by Gasteiger charge is 2.24. The number of fused-ring (bicyclic) bond motifs is 1. The van der Waals surface area contributed by atoms with E-state index in [0.717, 1.165) is 31.9 Å². The topological polar surface area (TPSA) is 56.8 Å². The summed E-state index contributed by atoms with van der Waals surface area (Å²) in [7, 11) is 0. The molecule has 1 aromatic carbocycles. The van der Waals surface area contributed by atoms with Crippen LogP contribution in [0.4, 0.5) is 5.82 Å². The number of rotatable bonds is 2. The number of carbonyl (C=O) groups is 2. The van der Waals surface area contributed by atoms with Gasteiger partial charge in [0.15, 0.2) is 0 Å². The van der Waals surface area contributed by atoms with E-state index >= 15 is 0 Å². The summed E-state index contributed by atoms with van der Waals surface area (Å²) in [5, 5.41) is 0.